The van der Waals surface area contributed by atoms with E-state index in [0.29, 0.717) is 22.8 Å². The fourth-order valence-electron chi connectivity index (χ4n) is 3.31. The lowest BCUT2D eigenvalue weighted by molar-refractivity contribution is 0.0594. The smallest absolute Gasteiger partial charge is 0.357 e. The number of rotatable bonds is 5. The lowest BCUT2D eigenvalue weighted by Crippen LogP contribution is -2.43. The molecule has 146 valence electrons. The topological polar surface area (TPSA) is 95.3 Å². The molecule has 0 bridgehead atoms. The molecular formula is C20H22N4O3S. The van der Waals surface area contributed by atoms with Crippen molar-refractivity contribution in [3.8, 4) is 6.07 Å². The molecule has 0 saturated heterocycles. The molecule has 0 unspecified atom stereocenters. The van der Waals surface area contributed by atoms with E-state index in [9.17, 15) is 9.59 Å². The third-order valence-corrected chi connectivity index (χ3v) is 5.63. The number of hydrogen-bond donors (Lipinski definition) is 1. The number of carbonyl (C=O) groups is 2. The number of esters is 1. The van der Waals surface area contributed by atoms with Crippen LogP contribution in [-0.4, -0.2) is 35.0 Å². The first kappa shape index (κ1) is 19.8. The Labute approximate surface area is 167 Å². The number of ether oxygens (including phenoxy) is 1. The number of amides is 2. The number of nitrogens with one attached hydrogen (secondary N) is 1. The molecule has 3 rings (SSSR count). The minimum Gasteiger partial charge on any atom is -0.464 e. The van der Waals surface area contributed by atoms with Gasteiger partial charge in [-0.3, -0.25) is 0 Å². The maximum Gasteiger partial charge on any atom is 0.357 e. The van der Waals surface area contributed by atoms with E-state index in [4.69, 9.17) is 10.00 Å². The number of nitrogens with zero attached hydrogens (tertiary/aromatic N) is 3. The Bertz CT molecular complexity index is 866. The summed E-state index contributed by atoms with van der Waals surface area (Å²) < 4.78 is 4.71. The molecule has 1 heterocycles. The Morgan fingerprint density at radius 2 is 2.00 bits per heavy atom. The summed E-state index contributed by atoms with van der Waals surface area (Å²) in [4.78, 5) is 30.8. The molecule has 1 N–H and O–H groups in total. The number of methoxy groups -OCH3 is 1. The van der Waals surface area contributed by atoms with Crippen LogP contribution in [0.5, 0.6) is 0 Å². The molecule has 1 saturated carbocycles. The summed E-state index contributed by atoms with van der Waals surface area (Å²) in [6.07, 6.45) is 5.28. The van der Waals surface area contributed by atoms with Crippen molar-refractivity contribution < 1.29 is 14.3 Å². The van der Waals surface area contributed by atoms with E-state index in [-0.39, 0.29) is 17.8 Å². The van der Waals surface area contributed by atoms with E-state index in [0.717, 1.165) is 25.7 Å². The number of urea groups is 1. The second-order valence-electron chi connectivity index (χ2n) is 6.66. The molecule has 0 atom stereocenters. The monoisotopic (exact) mass is 398 g/mol. The predicted molar refractivity (Wildman–Crippen MR) is 106 cm³/mol. The maximum atomic E-state index is 13.0. The molecule has 8 heteroatoms. The molecule has 0 aliphatic heterocycles. The molecule has 2 aromatic rings. The van der Waals surface area contributed by atoms with Gasteiger partial charge in [0, 0.05) is 17.1 Å². The Balaban J connectivity index is 1.75. The number of hydrogen-bond acceptors (Lipinski definition) is 6. The summed E-state index contributed by atoms with van der Waals surface area (Å²) in [5.41, 5.74) is 1.44. The van der Waals surface area contributed by atoms with Gasteiger partial charge in [-0.2, -0.15) is 5.26 Å². The number of thiazole rings is 1. The zero-order valence-corrected chi connectivity index (χ0v) is 16.5. The molecule has 0 radical (unpaired) electrons. The van der Waals surface area contributed by atoms with Crippen molar-refractivity contribution in [1.82, 2.24) is 9.88 Å². The van der Waals surface area contributed by atoms with Gasteiger partial charge in [-0.05, 0) is 37.1 Å². The van der Waals surface area contributed by atoms with Crippen molar-refractivity contribution in [1.29, 1.82) is 5.26 Å². The van der Waals surface area contributed by atoms with Gasteiger partial charge in [0.05, 0.1) is 25.3 Å². The van der Waals surface area contributed by atoms with Crippen LogP contribution in [0.4, 0.5) is 10.5 Å². The summed E-state index contributed by atoms with van der Waals surface area (Å²) in [5.74, 6) is -0.478. The number of anilines is 1. The van der Waals surface area contributed by atoms with E-state index in [1.54, 1.807) is 34.5 Å². The molecule has 1 aliphatic carbocycles. The van der Waals surface area contributed by atoms with Gasteiger partial charge in [-0.25, -0.2) is 14.6 Å². The van der Waals surface area contributed by atoms with Crippen molar-refractivity contribution in [2.24, 2.45) is 0 Å². The highest BCUT2D eigenvalue weighted by Crippen LogP contribution is 2.26. The molecule has 0 spiro atoms. The van der Waals surface area contributed by atoms with E-state index in [1.165, 1.54) is 24.9 Å². The quantitative estimate of drug-likeness (QED) is 0.763. The van der Waals surface area contributed by atoms with Gasteiger partial charge in [-0.15, -0.1) is 11.3 Å². The molecule has 1 aliphatic rings. The van der Waals surface area contributed by atoms with Gasteiger partial charge in [-0.1, -0.05) is 19.3 Å². The zero-order chi connectivity index (χ0) is 19.9. The van der Waals surface area contributed by atoms with Crippen LogP contribution in [0.1, 0.15) is 53.2 Å². The average Bonchev–Trinajstić information content (AvgIpc) is 3.21. The summed E-state index contributed by atoms with van der Waals surface area (Å²) in [6, 6.07) is 8.77. The van der Waals surface area contributed by atoms with Crippen LogP contribution in [0.25, 0.3) is 0 Å². The predicted octanol–water partition coefficient (Wildman–Crippen LogP) is 4.17. The highest BCUT2D eigenvalue weighted by atomic mass is 32.1. The standard InChI is InChI=1S/C20H22N4O3S/c1-27-19(25)17-13-28-18(23-17)12-24(16-5-3-2-4-6-16)20(26)22-15-9-7-14(11-21)8-10-15/h7-10,13,16H,2-6,12H2,1H3,(H,22,26). The lowest BCUT2D eigenvalue weighted by atomic mass is 9.94. The highest BCUT2D eigenvalue weighted by Gasteiger charge is 2.27. The van der Waals surface area contributed by atoms with E-state index < -0.39 is 5.97 Å². The number of aromatic nitrogens is 1. The molecule has 1 fully saturated rings. The minimum atomic E-state index is -0.478. The normalized spacial score (nSPS) is 14.1. The Morgan fingerprint density at radius 1 is 1.29 bits per heavy atom. The van der Waals surface area contributed by atoms with Gasteiger partial charge in [0.2, 0.25) is 0 Å². The van der Waals surface area contributed by atoms with Crippen LogP contribution in [0, 0.1) is 11.3 Å². The summed E-state index contributed by atoms with van der Waals surface area (Å²) in [6.45, 7) is 0.342. The molecule has 1 aromatic carbocycles. The summed E-state index contributed by atoms with van der Waals surface area (Å²) >= 11 is 1.34. The molecule has 2 amide bonds. The van der Waals surface area contributed by atoms with Crippen LogP contribution in [0.15, 0.2) is 29.6 Å². The Hall–Kier alpha value is -2.92. The third-order valence-electron chi connectivity index (χ3n) is 4.79. The summed E-state index contributed by atoms with van der Waals surface area (Å²) in [7, 11) is 1.32. The van der Waals surface area contributed by atoms with Gasteiger partial charge in [0.25, 0.3) is 0 Å². The van der Waals surface area contributed by atoms with Crippen LogP contribution in [-0.2, 0) is 11.3 Å². The highest BCUT2D eigenvalue weighted by molar-refractivity contribution is 7.09. The first-order chi connectivity index (χ1) is 13.6. The van der Waals surface area contributed by atoms with Crippen LogP contribution >= 0.6 is 11.3 Å². The Morgan fingerprint density at radius 3 is 2.64 bits per heavy atom. The fraction of sp³-hybridized carbons (Fsp3) is 0.400. The van der Waals surface area contributed by atoms with Crippen molar-refractivity contribution in [2.75, 3.05) is 12.4 Å². The molecule has 7 nitrogen and oxygen atoms in total. The van der Waals surface area contributed by atoms with Crippen molar-refractivity contribution >= 4 is 29.0 Å². The molecule has 28 heavy (non-hydrogen) atoms. The van der Waals surface area contributed by atoms with Gasteiger partial charge >= 0.3 is 12.0 Å². The number of benzene rings is 1. The van der Waals surface area contributed by atoms with Crippen LogP contribution in [0.2, 0.25) is 0 Å². The maximum absolute atomic E-state index is 13.0. The SMILES string of the molecule is COC(=O)c1csc(CN(C(=O)Nc2ccc(C#N)cc2)C2CCCCC2)n1. The molecule has 1 aromatic heterocycles. The van der Waals surface area contributed by atoms with Crippen molar-refractivity contribution in [3.63, 3.8) is 0 Å². The van der Waals surface area contributed by atoms with E-state index in [2.05, 4.69) is 16.4 Å². The second kappa shape index (κ2) is 9.33. The third kappa shape index (κ3) is 4.87. The van der Waals surface area contributed by atoms with Crippen molar-refractivity contribution in [3.05, 3.63) is 45.9 Å². The van der Waals surface area contributed by atoms with Crippen LogP contribution < -0.4 is 5.32 Å². The zero-order valence-electron chi connectivity index (χ0n) is 15.7. The largest absolute Gasteiger partial charge is 0.464 e. The fourth-order valence-corrected chi connectivity index (χ4v) is 4.07. The molecular weight excluding hydrogens is 376 g/mol. The second-order valence-corrected chi connectivity index (χ2v) is 7.60. The van der Waals surface area contributed by atoms with E-state index >= 15 is 0 Å². The van der Waals surface area contributed by atoms with E-state index in [1.807, 2.05) is 0 Å². The lowest BCUT2D eigenvalue weighted by Gasteiger charge is -2.33. The van der Waals surface area contributed by atoms with Gasteiger partial charge < -0.3 is 15.0 Å². The summed E-state index contributed by atoms with van der Waals surface area (Å²) in [5, 5.41) is 14.2. The first-order valence-electron chi connectivity index (χ1n) is 9.21. The average molecular weight is 398 g/mol. The van der Waals surface area contributed by atoms with Gasteiger partial charge in [0.15, 0.2) is 5.69 Å². The first-order valence-corrected chi connectivity index (χ1v) is 10.1. The van der Waals surface area contributed by atoms with Crippen molar-refractivity contribution in [2.45, 2.75) is 44.7 Å². The van der Waals surface area contributed by atoms with Gasteiger partial charge in [0.1, 0.15) is 5.01 Å². The Kier molecular flexibility index (Phi) is 6.61. The minimum absolute atomic E-state index is 0.137. The number of carbonyl (C=O) groups excluding carboxylic acids is 2. The van der Waals surface area contributed by atoms with Crippen LogP contribution in [0.3, 0.4) is 0 Å². The number of nitriles is 1.